The molecular formula is C14H23N3. The van der Waals surface area contributed by atoms with Crippen molar-refractivity contribution in [1.82, 2.24) is 10.2 Å². The van der Waals surface area contributed by atoms with E-state index in [1.54, 1.807) is 0 Å². The van der Waals surface area contributed by atoms with Gasteiger partial charge >= 0.3 is 0 Å². The molecular weight excluding hydrogens is 210 g/mol. The molecule has 0 atom stereocenters. The minimum absolute atomic E-state index is 0.725. The molecule has 0 bridgehead atoms. The maximum atomic E-state index is 5.77. The van der Waals surface area contributed by atoms with Gasteiger partial charge in [0.15, 0.2) is 0 Å². The average molecular weight is 233 g/mol. The smallest absolute Gasteiger partial charge is 0.0688 e. The first kappa shape index (κ1) is 11.3. The Morgan fingerprint density at radius 1 is 1.06 bits per heavy atom. The van der Waals surface area contributed by atoms with Crippen LogP contribution in [0.2, 0.25) is 0 Å². The second-order valence-corrected chi connectivity index (χ2v) is 5.65. The van der Waals surface area contributed by atoms with E-state index >= 15 is 0 Å². The third kappa shape index (κ3) is 2.01. The lowest BCUT2D eigenvalue weighted by Crippen LogP contribution is -2.14. The maximum Gasteiger partial charge on any atom is 0.0688 e. The summed E-state index contributed by atoms with van der Waals surface area (Å²) in [7, 11) is 0. The van der Waals surface area contributed by atoms with Crippen molar-refractivity contribution in [2.24, 2.45) is 5.73 Å². The highest BCUT2D eigenvalue weighted by atomic mass is 15.1. The summed E-state index contributed by atoms with van der Waals surface area (Å²) in [5, 5.41) is 7.97. The van der Waals surface area contributed by atoms with Gasteiger partial charge in [-0.2, -0.15) is 5.10 Å². The fourth-order valence-corrected chi connectivity index (χ4v) is 3.37. The van der Waals surface area contributed by atoms with Gasteiger partial charge in [0, 0.05) is 17.5 Å². The fraction of sp³-hybridized carbons (Fsp3) is 0.786. The summed E-state index contributed by atoms with van der Waals surface area (Å²) >= 11 is 0. The number of hydrogen-bond donors (Lipinski definition) is 2. The molecule has 0 unspecified atom stereocenters. The van der Waals surface area contributed by atoms with Crippen molar-refractivity contribution in [1.29, 1.82) is 0 Å². The van der Waals surface area contributed by atoms with Crippen molar-refractivity contribution in [2.45, 2.75) is 63.2 Å². The summed E-state index contributed by atoms with van der Waals surface area (Å²) in [5.74, 6) is 1.46. The van der Waals surface area contributed by atoms with Crippen LogP contribution in [0.3, 0.4) is 0 Å². The molecule has 2 aliphatic rings. The van der Waals surface area contributed by atoms with Crippen LogP contribution in [0.15, 0.2) is 0 Å². The Morgan fingerprint density at radius 3 is 2.35 bits per heavy atom. The molecule has 3 N–H and O–H groups in total. The van der Waals surface area contributed by atoms with Crippen molar-refractivity contribution >= 4 is 0 Å². The summed E-state index contributed by atoms with van der Waals surface area (Å²) in [6.07, 6.45) is 10.5. The van der Waals surface area contributed by atoms with E-state index in [0.29, 0.717) is 0 Å². The van der Waals surface area contributed by atoms with E-state index in [1.165, 1.54) is 61.9 Å². The number of aromatic nitrogens is 2. The van der Waals surface area contributed by atoms with Gasteiger partial charge in [0.1, 0.15) is 0 Å². The molecule has 0 aliphatic heterocycles. The van der Waals surface area contributed by atoms with E-state index in [4.69, 9.17) is 5.73 Å². The van der Waals surface area contributed by atoms with Gasteiger partial charge in [-0.05, 0) is 44.2 Å². The van der Waals surface area contributed by atoms with E-state index < -0.39 is 0 Å². The third-order valence-electron chi connectivity index (χ3n) is 4.58. The highest BCUT2D eigenvalue weighted by Crippen LogP contribution is 2.41. The molecule has 0 amide bonds. The molecule has 17 heavy (non-hydrogen) atoms. The monoisotopic (exact) mass is 233 g/mol. The first-order valence-corrected chi connectivity index (χ1v) is 7.17. The Hall–Kier alpha value is -0.830. The van der Waals surface area contributed by atoms with Crippen LogP contribution in [0.4, 0.5) is 0 Å². The Balaban J connectivity index is 1.88. The van der Waals surface area contributed by atoms with Crippen LogP contribution in [0.1, 0.15) is 73.7 Å². The Kier molecular flexibility index (Phi) is 3.19. The van der Waals surface area contributed by atoms with Gasteiger partial charge < -0.3 is 5.73 Å². The molecule has 0 spiro atoms. The van der Waals surface area contributed by atoms with E-state index in [1.807, 2.05) is 0 Å². The SMILES string of the molecule is NCCc1c(C2CCC2)n[nH]c1C1CCCC1. The number of nitrogens with one attached hydrogen (secondary N) is 1. The van der Waals surface area contributed by atoms with Crippen molar-refractivity contribution in [3.8, 4) is 0 Å². The predicted molar refractivity (Wildman–Crippen MR) is 69.1 cm³/mol. The van der Waals surface area contributed by atoms with Gasteiger partial charge in [-0.1, -0.05) is 19.3 Å². The Morgan fingerprint density at radius 2 is 1.76 bits per heavy atom. The van der Waals surface area contributed by atoms with Crippen LogP contribution in [-0.2, 0) is 6.42 Å². The molecule has 1 aromatic heterocycles. The van der Waals surface area contributed by atoms with Crippen LogP contribution < -0.4 is 5.73 Å². The summed E-state index contributed by atoms with van der Waals surface area (Å²) in [6, 6.07) is 0. The number of nitrogens with zero attached hydrogens (tertiary/aromatic N) is 1. The molecule has 94 valence electrons. The third-order valence-corrected chi connectivity index (χ3v) is 4.58. The van der Waals surface area contributed by atoms with Crippen molar-refractivity contribution in [3.63, 3.8) is 0 Å². The van der Waals surface area contributed by atoms with Gasteiger partial charge in [0.05, 0.1) is 5.69 Å². The predicted octanol–water partition coefficient (Wildman–Crippen LogP) is 2.84. The zero-order valence-electron chi connectivity index (χ0n) is 10.5. The summed E-state index contributed by atoms with van der Waals surface area (Å²) in [5.41, 5.74) is 10.0. The zero-order chi connectivity index (χ0) is 11.7. The van der Waals surface area contributed by atoms with Gasteiger partial charge in [0.25, 0.3) is 0 Å². The van der Waals surface area contributed by atoms with Crippen molar-refractivity contribution < 1.29 is 0 Å². The second-order valence-electron chi connectivity index (χ2n) is 5.65. The number of nitrogens with two attached hydrogens (primary N) is 1. The van der Waals surface area contributed by atoms with Crippen molar-refractivity contribution in [3.05, 3.63) is 17.0 Å². The molecule has 3 nitrogen and oxygen atoms in total. The molecule has 2 fully saturated rings. The summed E-state index contributed by atoms with van der Waals surface area (Å²) < 4.78 is 0. The Bertz CT molecular complexity index is 373. The standard InChI is InChI=1S/C14H23N3/c15-9-8-12-13(10-4-1-2-5-10)16-17-14(12)11-6-3-7-11/h10-11H,1-9,15H2,(H,16,17). The minimum Gasteiger partial charge on any atom is -0.330 e. The highest BCUT2D eigenvalue weighted by Gasteiger charge is 2.29. The first-order valence-electron chi connectivity index (χ1n) is 7.17. The van der Waals surface area contributed by atoms with Crippen LogP contribution in [0.25, 0.3) is 0 Å². The van der Waals surface area contributed by atoms with Gasteiger partial charge in [-0.25, -0.2) is 0 Å². The maximum absolute atomic E-state index is 5.77. The van der Waals surface area contributed by atoms with Crippen LogP contribution in [0.5, 0.6) is 0 Å². The number of hydrogen-bond acceptors (Lipinski definition) is 2. The molecule has 3 rings (SSSR count). The molecule has 2 aliphatic carbocycles. The van der Waals surface area contributed by atoms with Gasteiger partial charge in [0.2, 0.25) is 0 Å². The number of aromatic amines is 1. The van der Waals surface area contributed by atoms with Crippen molar-refractivity contribution in [2.75, 3.05) is 6.54 Å². The molecule has 0 saturated heterocycles. The number of rotatable bonds is 4. The lowest BCUT2D eigenvalue weighted by Gasteiger charge is -2.25. The largest absolute Gasteiger partial charge is 0.330 e. The molecule has 0 radical (unpaired) electrons. The average Bonchev–Trinajstić information content (AvgIpc) is 2.86. The van der Waals surface area contributed by atoms with E-state index in [-0.39, 0.29) is 0 Å². The van der Waals surface area contributed by atoms with Crippen LogP contribution in [0, 0.1) is 0 Å². The van der Waals surface area contributed by atoms with Crippen LogP contribution >= 0.6 is 0 Å². The van der Waals surface area contributed by atoms with Gasteiger partial charge in [-0.15, -0.1) is 0 Å². The van der Waals surface area contributed by atoms with Gasteiger partial charge in [-0.3, -0.25) is 5.10 Å². The molecule has 1 heterocycles. The summed E-state index contributed by atoms with van der Waals surface area (Å²) in [4.78, 5) is 0. The lowest BCUT2D eigenvalue weighted by molar-refractivity contribution is 0.408. The highest BCUT2D eigenvalue weighted by molar-refractivity contribution is 5.32. The van der Waals surface area contributed by atoms with E-state index in [0.717, 1.165) is 24.8 Å². The summed E-state index contributed by atoms with van der Waals surface area (Å²) in [6.45, 7) is 0.749. The molecule has 1 aromatic rings. The molecule has 0 aromatic carbocycles. The van der Waals surface area contributed by atoms with Crippen LogP contribution in [-0.4, -0.2) is 16.7 Å². The Labute approximate surface area is 103 Å². The lowest BCUT2D eigenvalue weighted by atomic mass is 9.80. The second kappa shape index (κ2) is 4.81. The number of H-pyrrole nitrogens is 1. The zero-order valence-corrected chi connectivity index (χ0v) is 10.5. The van der Waals surface area contributed by atoms with E-state index in [9.17, 15) is 0 Å². The first-order chi connectivity index (χ1) is 8.40. The topological polar surface area (TPSA) is 54.7 Å². The molecule has 3 heteroatoms. The molecule has 2 saturated carbocycles. The minimum atomic E-state index is 0.725. The van der Waals surface area contributed by atoms with E-state index in [2.05, 4.69) is 10.2 Å². The normalized spacial score (nSPS) is 21.9. The quantitative estimate of drug-likeness (QED) is 0.840. The fourth-order valence-electron chi connectivity index (χ4n) is 3.37.